The second-order valence-electron chi connectivity index (χ2n) is 7.09. The van der Waals surface area contributed by atoms with Crippen molar-refractivity contribution in [2.75, 3.05) is 5.32 Å². The van der Waals surface area contributed by atoms with Crippen LogP contribution in [0, 0.1) is 17.3 Å². The summed E-state index contributed by atoms with van der Waals surface area (Å²) in [4.78, 5) is 15.6. The molecular formula is C19H16ClF4N5O3S. The highest BCUT2D eigenvalue weighted by molar-refractivity contribution is 7.89. The Morgan fingerprint density at radius 1 is 1.36 bits per heavy atom. The van der Waals surface area contributed by atoms with E-state index in [4.69, 9.17) is 16.9 Å². The lowest BCUT2D eigenvalue weighted by Gasteiger charge is -2.17. The van der Waals surface area contributed by atoms with E-state index < -0.39 is 44.0 Å². The lowest BCUT2D eigenvalue weighted by molar-refractivity contribution is -0.147. The quantitative estimate of drug-likeness (QED) is 0.473. The van der Waals surface area contributed by atoms with Gasteiger partial charge in [-0.2, -0.15) is 27.5 Å². The van der Waals surface area contributed by atoms with Gasteiger partial charge < -0.3 is 9.88 Å². The zero-order valence-electron chi connectivity index (χ0n) is 16.9. The average Bonchev–Trinajstić information content (AvgIpc) is 2.82. The van der Waals surface area contributed by atoms with E-state index in [9.17, 15) is 30.8 Å². The van der Waals surface area contributed by atoms with Gasteiger partial charge in [0.15, 0.2) is 0 Å². The minimum atomic E-state index is -4.85. The molecule has 0 saturated carbocycles. The number of alkyl halides is 3. The maximum absolute atomic E-state index is 13.6. The Balaban J connectivity index is 2.10. The molecule has 1 unspecified atom stereocenters. The molecule has 3 heterocycles. The molecule has 2 N–H and O–H groups in total. The topological polar surface area (TPSA) is 117 Å². The zero-order valence-corrected chi connectivity index (χ0v) is 18.4. The lowest BCUT2D eigenvalue weighted by atomic mass is 10.3. The van der Waals surface area contributed by atoms with E-state index in [1.165, 1.54) is 15.4 Å². The smallest absolute Gasteiger partial charge is 0.335 e. The Morgan fingerprint density at radius 2 is 2.06 bits per heavy atom. The molecule has 1 amide bonds. The first-order valence-corrected chi connectivity index (χ1v) is 11.3. The number of nitrogens with zero attached hydrogens (tertiary/aromatic N) is 3. The van der Waals surface area contributed by atoms with E-state index in [0.717, 1.165) is 12.1 Å². The summed E-state index contributed by atoms with van der Waals surface area (Å²) in [5.74, 6) is -1.99. The third-order valence-electron chi connectivity index (χ3n) is 4.70. The number of allylic oxidation sites excluding steroid dienone is 1. The highest BCUT2D eigenvalue weighted by Gasteiger charge is 2.41. The van der Waals surface area contributed by atoms with Crippen LogP contribution in [0.25, 0.3) is 6.08 Å². The Kier molecular flexibility index (Phi) is 6.83. The molecule has 176 valence electrons. The SMILES string of the molecule is CC(NS(=O)(=O)c1c(Cl)c(C(=O)Nc2cc(F)nc(C#N)c2)n2c1C=CCCC2)C(F)(F)F. The van der Waals surface area contributed by atoms with Gasteiger partial charge in [0.1, 0.15) is 28.4 Å². The molecule has 2 aromatic rings. The third kappa shape index (κ3) is 5.18. The molecule has 1 atom stereocenters. The molecule has 3 rings (SSSR count). The molecule has 0 fully saturated rings. The number of carbonyl (C=O) groups is 1. The molecule has 14 heteroatoms. The minimum Gasteiger partial charge on any atom is -0.335 e. The van der Waals surface area contributed by atoms with Gasteiger partial charge in [-0.1, -0.05) is 17.7 Å². The van der Waals surface area contributed by atoms with Crippen molar-refractivity contribution in [1.29, 1.82) is 5.26 Å². The first kappa shape index (κ1) is 24.7. The van der Waals surface area contributed by atoms with Crippen LogP contribution in [0.15, 0.2) is 23.1 Å². The molecule has 0 aliphatic carbocycles. The number of rotatable bonds is 5. The number of halogens is 5. The standard InChI is InChI=1S/C19H16ClF4N5O3S/c1-10(19(22,23)24)28-33(31,32)17-13-5-3-2-4-6-29(13)16(15(17)20)18(30)27-11-7-12(9-25)26-14(21)8-11/h3,5,7-8,10,28H,2,4,6H2,1H3,(H,26,27,30). The summed E-state index contributed by atoms with van der Waals surface area (Å²) in [5.41, 5.74) is -0.868. The normalized spacial score (nSPS) is 14.8. The van der Waals surface area contributed by atoms with Gasteiger partial charge in [0, 0.05) is 18.3 Å². The van der Waals surface area contributed by atoms with E-state index in [-0.39, 0.29) is 29.3 Å². The molecule has 0 spiro atoms. The van der Waals surface area contributed by atoms with E-state index >= 15 is 0 Å². The van der Waals surface area contributed by atoms with E-state index in [2.05, 4.69) is 10.3 Å². The summed E-state index contributed by atoms with van der Waals surface area (Å²) in [7, 11) is -4.80. The third-order valence-corrected chi connectivity index (χ3v) is 6.80. The van der Waals surface area contributed by atoms with Crippen molar-refractivity contribution in [1.82, 2.24) is 14.3 Å². The number of fused-ring (bicyclic) bond motifs is 1. The second-order valence-corrected chi connectivity index (χ2v) is 9.12. The first-order valence-electron chi connectivity index (χ1n) is 9.41. The molecule has 33 heavy (non-hydrogen) atoms. The molecular weight excluding hydrogens is 490 g/mol. The molecule has 1 aliphatic heterocycles. The molecule has 0 aromatic carbocycles. The van der Waals surface area contributed by atoms with Gasteiger partial charge in [-0.25, -0.2) is 13.4 Å². The molecule has 0 radical (unpaired) electrons. The first-order chi connectivity index (χ1) is 15.3. The fraction of sp³-hybridized carbons (Fsp3) is 0.316. The molecule has 2 aromatic heterocycles. The van der Waals surface area contributed by atoms with Crippen LogP contribution in [-0.2, 0) is 16.6 Å². The largest absolute Gasteiger partial charge is 0.404 e. The molecule has 1 aliphatic rings. The van der Waals surface area contributed by atoms with Crippen LogP contribution < -0.4 is 10.0 Å². The summed E-state index contributed by atoms with van der Waals surface area (Å²) in [5, 5.41) is 10.6. The lowest BCUT2D eigenvalue weighted by Crippen LogP contribution is -2.43. The number of sulfonamides is 1. The average molecular weight is 506 g/mol. The molecule has 0 saturated heterocycles. The van der Waals surface area contributed by atoms with Gasteiger partial charge in [0.2, 0.25) is 16.0 Å². The highest BCUT2D eigenvalue weighted by atomic mass is 35.5. The monoisotopic (exact) mass is 505 g/mol. The van der Waals surface area contributed by atoms with Crippen LogP contribution in [0.2, 0.25) is 5.02 Å². The number of anilines is 1. The maximum Gasteiger partial charge on any atom is 0.404 e. The molecule has 8 nitrogen and oxygen atoms in total. The van der Waals surface area contributed by atoms with Crippen LogP contribution in [0.5, 0.6) is 0 Å². The van der Waals surface area contributed by atoms with Crippen LogP contribution in [0.1, 0.15) is 41.6 Å². The van der Waals surface area contributed by atoms with E-state index in [1.54, 1.807) is 12.1 Å². The highest BCUT2D eigenvalue weighted by Crippen LogP contribution is 2.36. The van der Waals surface area contributed by atoms with Gasteiger partial charge in [-0.15, -0.1) is 0 Å². The van der Waals surface area contributed by atoms with Crippen molar-refractivity contribution < 1.29 is 30.8 Å². The predicted molar refractivity (Wildman–Crippen MR) is 110 cm³/mol. The summed E-state index contributed by atoms with van der Waals surface area (Å²) in [6.45, 7) is 0.776. The Morgan fingerprint density at radius 3 is 2.70 bits per heavy atom. The number of nitrogens with one attached hydrogen (secondary N) is 2. The van der Waals surface area contributed by atoms with Crippen molar-refractivity contribution >= 4 is 39.3 Å². The Bertz CT molecular complexity index is 1280. The van der Waals surface area contributed by atoms with Crippen molar-refractivity contribution in [3.05, 3.63) is 46.3 Å². The zero-order chi connectivity index (χ0) is 24.6. The van der Waals surface area contributed by atoms with Crippen LogP contribution in [0.3, 0.4) is 0 Å². The van der Waals surface area contributed by atoms with Gasteiger partial charge in [0.25, 0.3) is 5.91 Å². The van der Waals surface area contributed by atoms with Gasteiger partial charge in [-0.3, -0.25) is 4.79 Å². The molecule has 0 bridgehead atoms. The van der Waals surface area contributed by atoms with Crippen LogP contribution in [0.4, 0.5) is 23.2 Å². The summed E-state index contributed by atoms with van der Waals surface area (Å²) in [6.07, 6.45) is -0.866. The van der Waals surface area contributed by atoms with Gasteiger partial charge in [-0.05, 0) is 31.9 Å². The van der Waals surface area contributed by atoms with Crippen molar-refractivity contribution in [3.8, 4) is 6.07 Å². The predicted octanol–water partition coefficient (Wildman–Crippen LogP) is 3.84. The van der Waals surface area contributed by atoms with E-state index in [0.29, 0.717) is 19.8 Å². The fourth-order valence-corrected chi connectivity index (χ4v) is 5.29. The van der Waals surface area contributed by atoms with Gasteiger partial charge in [0.05, 0.1) is 10.7 Å². The van der Waals surface area contributed by atoms with Crippen molar-refractivity contribution in [3.63, 3.8) is 0 Å². The number of hydrogen-bond donors (Lipinski definition) is 2. The van der Waals surface area contributed by atoms with Gasteiger partial charge >= 0.3 is 6.18 Å². The summed E-state index contributed by atoms with van der Waals surface area (Å²) in [6, 6.07) is 1.14. The minimum absolute atomic E-state index is 0.0665. The number of hydrogen-bond acceptors (Lipinski definition) is 5. The number of aromatic nitrogens is 2. The Hall–Kier alpha value is -2.95. The maximum atomic E-state index is 13.6. The van der Waals surface area contributed by atoms with E-state index in [1.807, 2.05) is 0 Å². The van der Waals surface area contributed by atoms with Crippen molar-refractivity contribution in [2.24, 2.45) is 0 Å². The Labute approximate surface area is 190 Å². The number of nitriles is 1. The van der Waals surface area contributed by atoms with Crippen molar-refractivity contribution in [2.45, 2.75) is 43.4 Å². The fourth-order valence-electron chi connectivity index (χ4n) is 3.19. The summed E-state index contributed by atoms with van der Waals surface area (Å²) >= 11 is 6.25. The second kappa shape index (κ2) is 9.12. The number of amides is 1. The van der Waals surface area contributed by atoms with Crippen LogP contribution in [-0.4, -0.2) is 36.1 Å². The number of carbonyl (C=O) groups excluding carboxylic acids is 1. The summed E-state index contributed by atoms with van der Waals surface area (Å²) < 4.78 is 81.0. The number of pyridine rings is 1. The van der Waals surface area contributed by atoms with Crippen LogP contribution >= 0.6 is 11.6 Å².